The molecule has 2 aromatic rings. The molecular weight excluding hydrogens is 314 g/mol. The summed E-state index contributed by atoms with van der Waals surface area (Å²) in [5, 5.41) is 10.9. The van der Waals surface area contributed by atoms with E-state index in [4.69, 9.17) is 0 Å². The molecule has 2 N–H and O–H groups in total. The number of aromatic nitrogens is 1. The molecule has 0 saturated carbocycles. The second-order valence-corrected chi connectivity index (χ2v) is 6.61. The van der Waals surface area contributed by atoms with Crippen molar-refractivity contribution in [2.45, 2.75) is 32.1 Å². The molecule has 2 amide bonds. The van der Waals surface area contributed by atoms with Crippen molar-refractivity contribution in [2.75, 3.05) is 0 Å². The fraction of sp³-hybridized carbons (Fsp3) is 0.312. The third-order valence-corrected chi connectivity index (χ3v) is 5.06. The molecule has 0 atom stereocenters. The van der Waals surface area contributed by atoms with Crippen LogP contribution in [-0.4, -0.2) is 11.8 Å². The standard InChI is InChI=1S/C16H17N3O3S/c20-15(11-6-8-19(22)9-7-11)17-18-16(21)14-10-12-4-2-1-3-5-13(12)23-14/h6-10H,1-5H2,(H,17,20)(H,18,21). The minimum absolute atomic E-state index is 0.305. The summed E-state index contributed by atoms with van der Waals surface area (Å²) in [6, 6.07) is 4.71. The molecule has 23 heavy (non-hydrogen) atoms. The summed E-state index contributed by atoms with van der Waals surface area (Å²) in [6.07, 6.45) is 8.07. The first-order valence-electron chi connectivity index (χ1n) is 7.54. The number of nitrogens with zero attached hydrogens (tertiary/aromatic N) is 1. The Labute approximate surface area is 137 Å². The zero-order valence-corrected chi connectivity index (χ0v) is 13.3. The second-order valence-electron chi connectivity index (χ2n) is 5.47. The van der Waals surface area contributed by atoms with Crippen molar-refractivity contribution in [3.63, 3.8) is 0 Å². The Balaban J connectivity index is 1.61. The highest BCUT2D eigenvalue weighted by molar-refractivity contribution is 7.14. The van der Waals surface area contributed by atoms with E-state index in [0.29, 0.717) is 15.2 Å². The number of rotatable bonds is 2. The average molecular weight is 331 g/mol. The van der Waals surface area contributed by atoms with Crippen molar-refractivity contribution in [1.82, 2.24) is 10.9 Å². The van der Waals surface area contributed by atoms with Crippen LogP contribution in [0, 0.1) is 5.21 Å². The number of aryl methyl sites for hydroxylation is 2. The molecule has 0 spiro atoms. The van der Waals surface area contributed by atoms with Gasteiger partial charge in [-0.1, -0.05) is 6.42 Å². The first-order valence-corrected chi connectivity index (χ1v) is 8.36. The van der Waals surface area contributed by atoms with Gasteiger partial charge in [-0.15, -0.1) is 11.3 Å². The number of carbonyl (C=O) groups excluding carboxylic acids is 2. The van der Waals surface area contributed by atoms with Crippen molar-refractivity contribution in [3.05, 3.63) is 56.7 Å². The molecule has 120 valence electrons. The Hall–Kier alpha value is -2.41. The number of hydrazine groups is 1. The van der Waals surface area contributed by atoms with Gasteiger partial charge in [0.1, 0.15) is 0 Å². The highest BCUT2D eigenvalue weighted by atomic mass is 32.1. The van der Waals surface area contributed by atoms with Gasteiger partial charge in [0.2, 0.25) is 0 Å². The summed E-state index contributed by atoms with van der Waals surface area (Å²) >= 11 is 1.50. The summed E-state index contributed by atoms with van der Waals surface area (Å²) in [6.45, 7) is 0. The molecule has 0 bridgehead atoms. The molecule has 2 heterocycles. The van der Waals surface area contributed by atoms with Crippen LogP contribution in [0.2, 0.25) is 0 Å². The molecule has 0 saturated heterocycles. The molecular formula is C16H17N3O3S. The van der Waals surface area contributed by atoms with Crippen LogP contribution >= 0.6 is 11.3 Å². The maximum absolute atomic E-state index is 12.2. The largest absolute Gasteiger partial charge is 0.619 e. The third-order valence-electron chi connectivity index (χ3n) is 3.82. The van der Waals surface area contributed by atoms with Crippen molar-refractivity contribution in [2.24, 2.45) is 0 Å². The predicted octanol–water partition coefficient (Wildman–Crippen LogP) is 1.73. The number of carbonyl (C=O) groups is 2. The molecule has 0 unspecified atom stereocenters. The van der Waals surface area contributed by atoms with Crippen LogP contribution in [-0.2, 0) is 12.8 Å². The fourth-order valence-corrected chi connectivity index (χ4v) is 3.74. The lowest BCUT2D eigenvalue weighted by Crippen LogP contribution is -2.41. The number of hydrogen-bond acceptors (Lipinski definition) is 4. The Bertz CT molecular complexity index is 701. The Kier molecular flexibility index (Phi) is 4.57. The van der Waals surface area contributed by atoms with E-state index in [1.807, 2.05) is 6.07 Å². The lowest BCUT2D eigenvalue weighted by molar-refractivity contribution is -0.605. The summed E-state index contributed by atoms with van der Waals surface area (Å²) in [7, 11) is 0. The molecule has 1 aliphatic carbocycles. The predicted molar refractivity (Wildman–Crippen MR) is 85.9 cm³/mol. The summed E-state index contributed by atoms with van der Waals surface area (Å²) < 4.78 is 0.591. The monoisotopic (exact) mass is 331 g/mol. The highest BCUT2D eigenvalue weighted by Gasteiger charge is 2.17. The molecule has 0 aromatic carbocycles. The summed E-state index contributed by atoms with van der Waals surface area (Å²) in [5.74, 6) is -0.775. The highest BCUT2D eigenvalue weighted by Crippen LogP contribution is 2.28. The van der Waals surface area contributed by atoms with Gasteiger partial charge in [-0.3, -0.25) is 20.4 Å². The molecule has 7 heteroatoms. The Morgan fingerprint density at radius 1 is 1.04 bits per heavy atom. The lowest BCUT2D eigenvalue weighted by atomic mass is 10.1. The van der Waals surface area contributed by atoms with Crippen LogP contribution in [0.1, 0.15) is 49.7 Å². The second kappa shape index (κ2) is 6.78. The minimum Gasteiger partial charge on any atom is -0.619 e. The van der Waals surface area contributed by atoms with E-state index in [2.05, 4.69) is 10.9 Å². The first kappa shape index (κ1) is 15.5. The quantitative estimate of drug-likeness (QED) is 0.380. The zero-order valence-electron chi connectivity index (χ0n) is 12.5. The van der Waals surface area contributed by atoms with Gasteiger partial charge >= 0.3 is 0 Å². The molecule has 0 radical (unpaired) electrons. The SMILES string of the molecule is O=C(NNC(=O)c1cc2c(s1)CCCCC2)c1cc[n+]([O-])cc1. The Morgan fingerprint density at radius 2 is 1.74 bits per heavy atom. The van der Waals surface area contributed by atoms with Crippen LogP contribution in [0.25, 0.3) is 0 Å². The van der Waals surface area contributed by atoms with Gasteiger partial charge in [0.05, 0.1) is 10.4 Å². The van der Waals surface area contributed by atoms with Gasteiger partial charge in [0.15, 0.2) is 12.4 Å². The number of nitrogens with one attached hydrogen (secondary N) is 2. The van der Waals surface area contributed by atoms with Crippen molar-refractivity contribution in [1.29, 1.82) is 0 Å². The van der Waals surface area contributed by atoms with Crippen LogP contribution in [0.15, 0.2) is 30.6 Å². The maximum Gasteiger partial charge on any atom is 0.279 e. The van der Waals surface area contributed by atoms with Crippen LogP contribution in [0.3, 0.4) is 0 Å². The molecule has 3 rings (SSSR count). The molecule has 0 aliphatic heterocycles. The topological polar surface area (TPSA) is 85.1 Å². The van der Waals surface area contributed by atoms with E-state index in [9.17, 15) is 14.8 Å². The van der Waals surface area contributed by atoms with Gasteiger partial charge < -0.3 is 5.21 Å². The normalized spacial score (nSPS) is 13.7. The van der Waals surface area contributed by atoms with Crippen molar-refractivity contribution < 1.29 is 14.3 Å². The summed E-state index contributed by atoms with van der Waals surface area (Å²) in [4.78, 5) is 26.0. The number of hydrogen-bond donors (Lipinski definition) is 2. The van der Waals surface area contributed by atoms with Crippen LogP contribution in [0.5, 0.6) is 0 Å². The van der Waals surface area contributed by atoms with E-state index in [1.165, 1.54) is 59.1 Å². The van der Waals surface area contributed by atoms with Gasteiger partial charge in [0.25, 0.3) is 11.8 Å². The van der Waals surface area contributed by atoms with Crippen LogP contribution < -0.4 is 15.6 Å². The van der Waals surface area contributed by atoms with Gasteiger partial charge in [0, 0.05) is 17.0 Å². The summed E-state index contributed by atoms with van der Waals surface area (Å²) in [5.41, 5.74) is 6.35. The Morgan fingerprint density at radius 3 is 2.52 bits per heavy atom. The van der Waals surface area contributed by atoms with E-state index < -0.39 is 5.91 Å². The number of amides is 2. The lowest BCUT2D eigenvalue weighted by Gasteiger charge is -2.06. The zero-order chi connectivity index (χ0) is 16.2. The fourth-order valence-electron chi connectivity index (χ4n) is 2.59. The minimum atomic E-state index is -0.461. The molecule has 6 nitrogen and oxygen atoms in total. The van der Waals surface area contributed by atoms with E-state index in [-0.39, 0.29) is 5.91 Å². The van der Waals surface area contributed by atoms with Gasteiger partial charge in [-0.05, 0) is 37.3 Å². The van der Waals surface area contributed by atoms with Crippen molar-refractivity contribution >= 4 is 23.2 Å². The van der Waals surface area contributed by atoms with Crippen molar-refractivity contribution in [3.8, 4) is 0 Å². The first-order chi connectivity index (χ1) is 11.1. The number of pyridine rings is 1. The van der Waals surface area contributed by atoms with Gasteiger partial charge in [-0.2, -0.15) is 4.73 Å². The average Bonchev–Trinajstić information content (AvgIpc) is 2.84. The van der Waals surface area contributed by atoms with Crippen LogP contribution in [0.4, 0.5) is 0 Å². The number of thiophene rings is 1. The van der Waals surface area contributed by atoms with E-state index in [1.54, 1.807) is 0 Å². The molecule has 0 fully saturated rings. The van der Waals surface area contributed by atoms with E-state index >= 15 is 0 Å². The van der Waals surface area contributed by atoms with E-state index in [0.717, 1.165) is 19.3 Å². The van der Waals surface area contributed by atoms with Gasteiger partial charge in [-0.25, -0.2) is 0 Å². The molecule has 1 aliphatic rings. The maximum atomic E-state index is 12.2. The number of fused-ring (bicyclic) bond motifs is 1. The molecule has 2 aromatic heterocycles. The third kappa shape index (κ3) is 3.68. The smallest absolute Gasteiger partial charge is 0.279 e.